The van der Waals surface area contributed by atoms with E-state index in [9.17, 15) is 4.79 Å². The first kappa shape index (κ1) is 19.5. The molecule has 7 nitrogen and oxygen atoms in total. The van der Waals surface area contributed by atoms with E-state index in [2.05, 4.69) is 20.5 Å². The van der Waals surface area contributed by atoms with Gasteiger partial charge >= 0.3 is 0 Å². The third kappa shape index (κ3) is 4.36. The number of carbonyl (C=O) groups is 1. The molecule has 1 N–H and O–H groups in total. The molecule has 0 radical (unpaired) electrons. The summed E-state index contributed by atoms with van der Waals surface area (Å²) in [5, 5.41) is 11.9. The summed E-state index contributed by atoms with van der Waals surface area (Å²) < 4.78 is 7.70. The van der Waals surface area contributed by atoms with E-state index in [4.69, 9.17) is 4.74 Å². The molecule has 1 saturated carbocycles. The van der Waals surface area contributed by atoms with Crippen LogP contribution in [0.15, 0.2) is 36.5 Å². The van der Waals surface area contributed by atoms with Gasteiger partial charge in [-0.3, -0.25) is 14.4 Å². The van der Waals surface area contributed by atoms with E-state index < -0.39 is 0 Å². The molecule has 160 valence electrons. The highest BCUT2D eigenvalue weighted by atomic mass is 16.5. The number of amides is 1. The van der Waals surface area contributed by atoms with Crippen LogP contribution in [-0.2, 0) is 17.9 Å². The van der Waals surface area contributed by atoms with E-state index in [-0.39, 0.29) is 11.8 Å². The summed E-state index contributed by atoms with van der Waals surface area (Å²) in [4.78, 5) is 15.3. The van der Waals surface area contributed by atoms with Crippen LogP contribution in [0.2, 0.25) is 0 Å². The SMILES string of the molecule is O=C(NC1CCCC1)[C@H]1CN2CC[C@H]1C[C@@H]2Cn1cc(COc2ccccc2)nn1. The predicted molar refractivity (Wildman–Crippen MR) is 113 cm³/mol. The minimum Gasteiger partial charge on any atom is -0.487 e. The highest BCUT2D eigenvalue weighted by Gasteiger charge is 2.43. The lowest BCUT2D eigenvalue weighted by atomic mass is 9.75. The Balaban J connectivity index is 1.14. The Kier molecular flexibility index (Phi) is 5.71. The van der Waals surface area contributed by atoms with Gasteiger partial charge in [0, 0.05) is 18.6 Å². The second-order valence-corrected chi connectivity index (χ2v) is 9.06. The fourth-order valence-corrected chi connectivity index (χ4v) is 5.39. The maximum atomic E-state index is 12.8. The van der Waals surface area contributed by atoms with Crippen molar-refractivity contribution in [2.24, 2.45) is 11.8 Å². The van der Waals surface area contributed by atoms with Gasteiger partial charge in [-0.15, -0.1) is 5.10 Å². The Labute approximate surface area is 177 Å². The van der Waals surface area contributed by atoms with Gasteiger partial charge < -0.3 is 10.1 Å². The lowest BCUT2D eigenvalue weighted by molar-refractivity contribution is -0.133. The molecule has 1 aliphatic carbocycles. The number of hydrogen-bond donors (Lipinski definition) is 1. The van der Waals surface area contributed by atoms with Gasteiger partial charge in [0.2, 0.25) is 5.91 Å². The van der Waals surface area contributed by atoms with Gasteiger partial charge in [-0.05, 0) is 50.3 Å². The van der Waals surface area contributed by atoms with Gasteiger partial charge in [-0.1, -0.05) is 36.3 Å². The molecule has 0 spiro atoms. The van der Waals surface area contributed by atoms with Crippen molar-refractivity contribution in [3.63, 3.8) is 0 Å². The molecule has 2 bridgehead atoms. The first-order chi connectivity index (χ1) is 14.7. The number of rotatable bonds is 7. The molecular weight excluding hydrogens is 378 g/mol. The fourth-order valence-electron chi connectivity index (χ4n) is 5.39. The number of fused-ring (bicyclic) bond motifs is 3. The summed E-state index contributed by atoms with van der Waals surface area (Å²) in [6.45, 7) is 3.21. The molecular formula is C23H31N5O2. The van der Waals surface area contributed by atoms with Crippen molar-refractivity contribution < 1.29 is 9.53 Å². The van der Waals surface area contributed by atoms with Crippen molar-refractivity contribution in [1.82, 2.24) is 25.2 Å². The van der Waals surface area contributed by atoms with Crippen LogP contribution in [0.1, 0.15) is 44.2 Å². The van der Waals surface area contributed by atoms with Gasteiger partial charge in [-0.25, -0.2) is 0 Å². The number of piperidine rings is 3. The summed E-state index contributed by atoms with van der Waals surface area (Å²) in [5.74, 6) is 1.77. The first-order valence-electron chi connectivity index (χ1n) is 11.4. The predicted octanol–water partition coefficient (Wildman–Crippen LogP) is 2.63. The molecule has 30 heavy (non-hydrogen) atoms. The molecule has 4 aliphatic rings. The number of para-hydroxylation sites is 1. The number of ether oxygens (including phenoxy) is 1. The maximum Gasteiger partial charge on any atom is 0.224 e. The third-order valence-electron chi connectivity index (χ3n) is 7.03. The lowest BCUT2D eigenvalue weighted by Crippen LogP contribution is -2.58. The minimum absolute atomic E-state index is 0.154. The zero-order chi connectivity index (χ0) is 20.3. The van der Waals surface area contributed by atoms with E-state index >= 15 is 0 Å². The Bertz CT molecular complexity index is 848. The smallest absolute Gasteiger partial charge is 0.224 e. The molecule has 6 rings (SSSR count). The second-order valence-electron chi connectivity index (χ2n) is 9.06. The van der Waals surface area contributed by atoms with Gasteiger partial charge in [-0.2, -0.15) is 0 Å². The zero-order valence-electron chi connectivity index (χ0n) is 17.4. The summed E-state index contributed by atoms with van der Waals surface area (Å²) in [7, 11) is 0. The van der Waals surface area contributed by atoms with Crippen molar-refractivity contribution in [1.29, 1.82) is 0 Å². The lowest BCUT2D eigenvalue weighted by Gasteiger charge is -2.49. The van der Waals surface area contributed by atoms with Crippen LogP contribution < -0.4 is 10.1 Å². The summed E-state index contributed by atoms with van der Waals surface area (Å²) in [6.07, 6.45) is 8.99. The molecule has 4 atom stereocenters. The van der Waals surface area contributed by atoms with E-state index in [1.54, 1.807) is 0 Å². The topological polar surface area (TPSA) is 72.3 Å². The second kappa shape index (κ2) is 8.76. The van der Waals surface area contributed by atoms with Crippen LogP contribution in [0.25, 0.3) is 0 Å². The Hall–Kier alpha value is -2.41. The third-order valence-corrected chi connectivity index (χ3v) is 7.03. The number of benzene rings is 1. The van der Waals surface area contributed by atoms with Crippen LogP contribution in [0, 0.1) is 11.8 Å². The van der Waals surface area contributed by atoms with Crippen molar-refractivity contribution in [3.05, 3.63) is 42.2 Å². The van der Waals surface area contributed by atoms with Crippen LogP contribution in [0.3, 0.4) is 0 Å². The number of nitrogens with zero attached hydrogens (tertiary/aromatic N) is 4. The largest absolute Gasteiger partial charge is 0.487 e. The van der Waals surface area contributed by atoms with Gasteiger partial charge in [0.05, 0.1) is 18.7 Å². The molecule has 1 unspecified atom stereocenters. The van der Waals surface area contributed by atoms with E-state index in [1.165, 1.54) is 12.8 Å². The Morgan fingerprint density at radius 2 is 2.00 bits per heavy atom. The zero-order valence-corrected chi connectivity index (χ0v) is 17.4. The fraction of sp³-hybridized carbons (Fsp3) is 0.609. The summed E-state index contributed by atoms with van der Waals surface area (Å²) in [5.41, 5.74) is 0.837. The number of nitrogens with one attached hydrogen (secondary N) is 1. The number of hydrogen-bond acceptors (Lipinski definition) is 5. The Morgan fingerprint density at radius 1 is 1.17 bits per heavy atom. The molecule has 4 heterocycles. The van der Waals surface area contributed by atoms with Gasteiger partial charge in [0.25, 0.3) is 0 Å². The van der Waals surface area contributed by atoms with Crippen molar-refractivity contribution >= 4 is 5.91 Å². The normalized spacial score (nSPS) is 28.5. The van der Waals surface area contributed by atoms with Crippen LogP contribution in [0.4, 0.5) is 0 Å². The maximum absolute atomic E-state index is 12.8. The average molecular weight is 410 g/mol. The molecule has 7 heteroatoms. The molecule has 1 aromatic heterocycles. The van der Waals surface area contributed by atoms with E-state index in [1.807, 2.05) is 41.2 Å². The monoisotopic (exact) mass is 409 g/mol. The molecule has 1 aromatic carbocycles. The number of carbonyl (C=O) groups excluding carboxylic acids is 1. The highest BCUT2D eigenvalue weighted by molar-refractivity contribution is 5.79. The number of aromatic nitrogens is 3. The molecule has 2 aromatic rings. The quantitative estimate of drug-likeness (QED) is 0.761. The molecule has 3 aliphatic heterocycles. The van der Waals surface area contributed by atoms with E-state index in [0.29, 0.717) is 24.6 Å². The minimum atomic E-state index is 0.154. The Morgan fingerprint density at radius 3 is 2.77 bits per heavy atom. The van der Waals surface area contributed by atoms with Crippen LogP contribution in [-0.4, -0.2) is 51.0 Å². The van der Waals surface area contributed by atoms with Crippen molar-refractivity contribution in [3.8, 4) is 5.75 Å². The molecule has 1 amide bonds. The standard InChI is InChI=1S/C23H31N5O2/c29-23(24-18-6-4-5-7-18)22-15-27-11-10-17(22)12-20(27)14-28-13-19(25-26-28)16-30-21-8-2-1-3-9-21/h1-3,8-9,13,17-18,20,22H,4-7,10-12,14-16H2,(H,24,29)/t17-,20+,22-/m0/s1. The summed E-state index contributed by atoms with van der Waals surface area (Å²) >= 11 is 0. The first-order valence-corrected chi connectivity index (χ1v) is 11.4. The van der Waals surface area contributed by atoms with Gasteiger partial charge in [0.1, 0.15) is 18.1 Å². The molecule has 3 saturated heterocycles. The summed E-state index contributed by atoms with van der Waals surface area (Å²) in [6, 6.07) is 10.6. The average Bonchev–Trinajstić information content (AvgIpc) is 3.45. The highest BCUT2D eigenvalue weighted by Crippen LogP contribution is 2.37. The van der Waals surface area contributed by atoms with Crippen molar-refractivity contribution in [2.45, 2.75) is 63.8 Å². The van der Waals surface area contributed by atoms with Gasteiger partial charge in [0.15, 0.2) is 0 Å². The van der Waals surface area contributed by atoms with Crippen molar-refractivity contribution in [2.75, 3.05) is 13.1 Å². The van der Waals surface area contributed by atoms with Crippen LogP contribution >= 0.6 is 0 Å². The molecule has 4 fully saturated rings. The van der Waals surface area contributed by atoms with Crippen LogP contribution in [0.5, 0.6) is 5.75 Å². The van der Waals surface area contributed by atoms with E-state index in [0.717, 1.165) is 56.8 Å².